The van der Waals surface area contributed by atoms with Crippen LogP contribution >= 0.6 is 48.0 Å². The largest absolute Gasteiger partial charge is 0.471 e. The van der Waals surface area contributed by atoms with Gasteiger partial charge >= 0.3 is 47.1 Å². The van der Waals surface area contributed by atoms with E-state index >= 15 is 0 Å². The molecule has 496 valence electrons. The summed E-state index contributed by atoms with van der Waals surface area (Å²) in [6, 6.07) is 0. The van der Waals surface area contributed by atoms with E-state index in [9.17, 15) is 47.9 Å². The number of hydrogen-bond donors (Lipinski definition) is 1. The third-order valence-corrected chi connectivity index (χ3v) is 13.6. The Labute approximate surface area is 538 Å². The van der Waals surface area contributed by atoms with Crippen LogP contribution < -0.4 is 5.32 Å². The smallest absolute Gasteiger partial charge is 0.367 e. The van der Waals surface area contributed by atoms with Gasteiger partial charge in [-0.3, -0.25) is 9.59 Å². The molecule has 2 saturated carbocycles. The molecule has 7 fully saturated rings. The van der Waals surface area contributed by atoms with Crippen molar-refractivity contribution in [3.63, 3.8) is 0 Å². The second-order valence-electron chi connectivity index (χ2n) is 20.8. The van der Waals surface area contributed by atoms with Crippen LogP contribution in [0.1, 0.15) is 101 Å². The van der Waals surface area contributed by atoms with Crippen molar-refractivity contribution in [2.24, 2.45) is 0 Å². The van der Waals surface area contributed by atoms with Gasteiger partial charge < -0.3 is 71.6 Å². The van der Waals surface area contributed by atoms with Gasteiger partial charge in [-0.2, -0.15) is 0 Å². The first-order chi connectivity index (χ1) is 41.6. The monoisotopic (exact) mass is 1330 g/mol. The SMILES string of the molecule is C=C(C)C(=O)OC1CCC(=O)C1.C=C(C)C(=O)OC1CCCC1=O.C=C(C)C(=O)OCC1CNC(=S)O1.C=C(C)C(=O)OCC1COC(C)(C)O1.C=C(C)C(=O)OCC1COCO1.C=C(C)C(=O)OCC1CSC(=O)O1.C=C(C)C(=O)OCC1CSC(=S)O1. The highest BCUT2D eigenvalue weighted by Gasteiger charge is 2.34. The number of thiocarbonyl (C=S) groups is 2. The Morgan fingerprint density at radius 3 is 1.35 bits per heavy atom. The van der Waals surface area contributed by atoms with Gasteiger partial charge in [0.25, 0.3) is 5.17 Å². The average Bonchev–Trinajstić information content (AvgIpc) is 3.48. The van der Waals surface area contributed by atoms with Gasteiger partial charge in [-0.25, -0.2) is 38.4 Å². The number of esters is 7. The van der Waals surface area contributed by atoms with Crippen molar-refractivity contribution in [3.8, 4) is 0 Å². The van der Waals surface area contributed by atoms with Crippen LogP contribution in [0, 0.1) is 0 Å². The van der Waals surface area contributed by atoms with Crippen LogP contribution in [0.15, 0.2) is 85.1 Å². The first-order valence-electron chi connectivity index (χ1n) is 27.6. The first-order valence-corrected chi connectivity index (χ1v) is 30.4. The van der Waals surface area contributed by atoms with Crippen LogP contribution in [0.4, 0.5) is 4.79 Å². The summed E-state index contributed by atoms with van der Waals surface area (Å²) < 4.78 is 70.6. The summed E-state index contributed by atoms with van der Waals surface area (Å²) in [5, 5.41) is 2.87. The van der Waals surface area contributed by atoms with Crippen LogP contribution in [-0.4, -0.2) is 188 Å². The lowest BCUT2D eigenvalue weighted by atomic mass is 10.3. The molecule has 0 aromatic rings. The average molecular weight is 1330 g/mol. The third-order valence-electron chi connectivity index (χ3n) is 11.2. The normalized spacial score (nSPS) is 22.0. The van der Waals surface area contributed by atoms with E-state index in [-0.39, 0.29) is 105 Å². The lowest BCUT2D eigenvalue weighted by molar-refractivity contribution is -0.155. The van der Waals surface area contributed by atoms with Crippen LogP contribution in [0.2, 0.25) is 0 Å². The number of carbonyl (C=O) groups excluding carboxylic acids is 10. The van der Waals surface area contributed by atoms with Crippen LogP contribution in [-0.2, 0) is 109 Å². The number of cyclic esters (lactones) is 1. The van der Waals surface area contributed by atoms with E-state index in [0.29, 0.717) is 106 Å². The summed E-state index contributed by atoms with van der Waals surface area (Å²) in [4.78, 5) is 109. The molecule has 2 aliphatic carbocycles. The van der Waals surface area contributed by atoms with Crippen molar-refractivity contribution in [1.82, 2.24) is 5.32 Å². The van der Waals surface area contributed by atoms with Crippen molar-refractivity contribution in [2.45, 2.75) is 149 Å². The highest BCUT2D eigenvalue weighted by Crippen LogP contribution is 2.24. The molecule has 89 heavy (non-hydrogen) atoms. The zero-order chi connectivity index (χ0) is 67.6. The quantitative estimate of drug-likeness (QED) is 0.0568. The molecule has 5 heterocycles. The van der Waals surface area contributed by atoms with Crippen molar-refractivity contribution in [2.75, 3.05) is 71.1 Å². The fourth-order valence-electron chi connectivity index (χ4n) is 6.46. The van der Waals surface area contributed by atoms with E-state index < -0.39 is 41.7 Å². The van der Waals surface area contributed by atoms with E-state index in [0.717, 1.165) is 23.9 Å². The maximum absolute atomic E-state index is 11.0. The second-order valence-corrected chi connectivity index (χ2v) is 23.7. The highest BCUT2D eigenvalue weighted by molar-refractivity contribution is 8.22. The molecule has 0 radical (unpaired) electrons. The summed E-state index contributed by atoms with van der Waals surface area (Å²) in [7, 11) is 0. The fraction of sp³-hybridized carbons (Fsp3) is 0.567. The van der Waals surface area contributed by atoms with E-state index in [4.69, 9.17) is 90.8 Å². The minimum Gasteiger partial charge on any atom is -0.471 e. The van der Waals surface area contributed by atoms with E-state index in [2.05, 4.69) is 51.4 Å². The minimum absolute atomic E-state index is 0.0320. The van der Waals surface area contributed by atoms with Gasteiger partial charge in [0.05, 0.1) is 19.8 Å². The standard InChI is InChI=1S/C10H16O4.2C9H12O3.C8H11NO3S.C8H10O4S.C8H12O4.C8H10O3S2/c1-7(2)9(11)12-5-8-6-13-10(3,4)14-8;1-6(2)9(11)12-8-4-3-7(10)5-8;1-6(2)9(11)12-8-5-3-4-7(8)10;1-5(2)7(10)11-4-6-3-9-8(13)12-6;1-5(2)7(9)11-3-6-4-13-8(10)12-6;1-6(2)8(9)11-4-7-3-10-5-12-7;1-5(2)7(9)10-3-6-4-13-8(12)11-6/h8H,1,5-6H2,2-4H3;2*8H,1,3-5H2,2H3;6H,1,3-4H2,2H3,(H,9,13);6H,1,3-4H2,2H3;7H,1,3-5H2,2H3;6H,1,3-4H2,2H3. The van der Waals surface area contributed by atoms with Crippen LogP contribution in [0.25, 0.3) is 0 Å². The number of rotatable bonds is 19. The zero-order valence-corrected chi connectivity index (χ0v) is 55.2. The molecule has 29 heteroatoms. The fourth-order valence-corrected chi connectivity index (χ4v) is 8.40. The molecule has 7 aliphatic rings. The summed E-state index contributed by atoms with van der Waals surface area (Å²) in [6.45, 7) is 41.8. The maximum Gasteiger partial charge on any atom is 0.367 e. The van der Waals surface area contributed by atoms with Crippen LogP contribution in [0.3, 0.4) is 0 Å². The van der Waals surface area contributed by atoms with Gasteiger partial charge in [0.1, 0.15) is 76.1 Å². The van der Waals surface area contributed by atoms with Gasteiger partial charge in [-0.1, -0.05) is 57.8 Å². The van der Waals surface area contributed by atoms with Crippen molar-refractivity contribution < 1.29 is 114 Å². The summed E-state index contributed by atoms with van der Waals surface area (Å²) in [5.41, 5.74) is 2.64. The predicted molar refractivity (Wildman–Crippen MR) is 335 cm³/mol. The molecule has 7 rings (SSSR count). The van der Waals surface area contributed by atoms with E-state index in [1.807, 2.05) is 13.8 Å². The van der Waals surface area contributed by atoms with Gasteiger partial charge in [0.2, 0.25) is 4.38 Å². The van der Waals surface area contributed by atoms with Crippen molar-refractivity contribution in [1.29, 1.82) is 0 Å². The Balaban J connectivity index is 0.000000519. The molecule has 7 unspecified atom stereocenters. The Kier molecular flexibility index (Phi) is 38.3. The highest BCUT2D eigenvalue weighted by atomic mass is 32.2. The molecule has 7 atom stereocenters. The third kappa shape index (κ3) is 36.6. The number of nitrogens with one attached hydrogen (secondary N) is 1. The summed E-state index contributed by atoms with van der Waals surface area (Å²) in [5.74, 6) is -1.93. The predicted octanol–water partition coefficient (Wildman–Crippen LogP) is 7.45. The topological polar surface area (TPSA) is 312 Å². The number of carbonyl (C=O) groups is 10. The van der Waals surface area contributed by atoms with E-state index in [1.54, 1.807) is 48.5 Å². The van der Waals surface area contributed by atoms with Gasteiger partial charge in [-0.15, -0.1) is 0 Å². The van der Waals surface area contributed by atoms with Crippen molar-refractivity contribution in [3.05, 3.63) is 85.1 Å². The summed E-state index contributed by atoms with van der Waals surface area (Å²) >= 11 is 12.1. The second kappa shape index (κ2) is 42.4. The molecule has 25 nitrogen and oxygen atoms in total. The maximum atomic E-state index is 11.0. The van der Waals surface area contributed by atoms with Crippen molar-refractivity contribution >= 4 is 116 Å². The molecular weight excluding hydrogens is 1250 g/mol. The minimum atomic E-state index is -0.569. The lowest BCUT2D eigenvalue weighted by Gasteiger charge is -2.16. The molecule has 0 spiro atoms. The lowest BCUT2D eigenvalue weighted by Crippen LogP contribution is -2.25. The molecule has 0 aromatic carbocycles. The molecule has 1 N–H and O–H groups in total. The number of ketones is 2. The van der Waals surface area contributed by atoms with Gasteiger partial charge in [-0.05, 0) is 118 Å². The molecule has 5 aliphatic heterocycles. The molecule has 0 aromatic heterocycles. The number of thioether (sulfide) groups is 2. The molecule has 5 saturated heterocycles. The first kappa shape index (κ1) is 80.4. The Bertz CT molecular complexity index is 2500. The number of ether oxygens (including phenoxy) is 14. The summed E-state index contributed by atoms with van der Waals surface area (Å²) in [6.07, 6.45) is 2.03. The zero-order valence-electron chi connectivity index (χ0n) is 51.9. The van der Waals surface area contributed by atoms with E-state index in [1.165, 1.54) is 11.8 Å². The Hall–Kier alpha value is -6.60. The molecule has 0 bridgehead atoms. The Morgan fingerprint density at radius 2 is 1.00 bits per heavy atom. The number of Topliss-reactive ketones (excluding diaryl/α,β-unsaturated/α-hetero) is 2. The van der Waals surface area contributed by atoms with Gasteiger partial charge in [0.15, 0.2) is 23.8 Å². The molecule has 0 amide bonds. The number of hydrogen-bond acceptors (Lipinski definition) is 28. The van der Waals surface area contributed by atoms with Gasteiger partial charge in [0, 0.05) is 69.8 Å². The Morgan fingerprint density at radius 1 is 0.551 bits per heavy atom. The molecular formula is C60H83NO24S4. The van der Waals surface area contributed by atoms with Crippen LogP contribution in [0.5, 0.6) is 0 Å².